The number of hydrogen-bond acceptors (Lipinski definition) is 3. The minimum Gasteiger partial charge on any atom is -0.164 e. The molecule has 0 saturated carbocycles. The van der Waals surface area contributed by atoms with E-state index in [1.807, 2.05) is 91.0 Å². The number of benzene rings is 3. The number of nitrogens with zero attached hydrogens (tertiary/aromatic N) is 2. The highest BCUT2D eigenvalue weighted by Gasteiger charge is 2.40. The zero-order valence-electron chi connectivity index (χ0n) is 12.0. The van der Waals surface area contributed by atoms with Crippen molar-refractivity contribution in [2.45, 2.75) is 0 Å². The molecule has 1 N–H and O–H groups in total. The molecule has 0 atom stereocenters. The highest BCUT2D eigenvalue weighted by Crippen LogP contribution is 2.43. The lowest BCUT2D eigenvalue weighted by molar-refractivity contribution is -0.0745. The Kier molecular flexibility index (Phi) is 3.94. The maximum Gasteiger partial charge on any atom is 0.188 e. The molecule has 0 amide bonds. The van der Waals surface area contributed by atoms with E-state index >= 15 is 0 Å². The summed E-state index contributed by atoms with van der Waals surface area (Å²) in [7, 11) is 0. The Hall–Kier alpha value is -2.98. The fraction of sp³-hybridized carbons (Fsp3) is 0. The molecule has 4 heteroatoms. The molecule has 22 heavy (non-hydrogen) atoms. The average Bonchev–Trinajstić information content (AvgIpc) is 2.62. The van der Waals surface area contributed by atoms with E-state index in [0.29, 0.717) is 0 Å². The number of nitrogens with one attached hydrogen (secondary N) is 1. The first-order valence-electron chi connectivity index (χ1n) is 6.99. The van der Waals surface area contributed by atoms with Gasteiger partial charge in [-0.05, 0) is 4.65 Å². The van der Waals surface area contributed by atoms with Crippen molar-refractivity contribution in [3.63, 3.8) is 0 Å². The molecule has 0 aliphatic rings. The minimum atomic E-state index is -0.0913. The molecule has 0 unspecified atom stereocenters. The van der Waals surface area contributed by atoms with Gasteiger partial charge in [-0.1, -0.05) is 54.6 Å². The van der Waals surface area contributed by atoms with Gasteiger partial charge in [0.15, 0.2) is 17.1 Å². The Morgan fingerprint density at radius 1 is 0.591 bits per heavy atom. The molecule has 0 aliphatic heterocycles. The van der Waals surface area contributed by atoms with Crippen LogP contribution in [0.15, 0.2) is 96.3 Å². The third kappa shape index (κ3) is 2.36. The van der Waals surface area contributed by atoms with Gasteiger partial charge in [-0.25, -0.2) is 0 Å². The molecule has 0 heterocycles. The molecular weight excluding hydrogens is 274 g/mol. The maximum atomic E-state index is 7.29. The van der Waals surface area contributed by atoms with Crippen LogP contribution >= 0.6 is 0 Å². The molecular formula is C18H16N3O+. The van der Waals surface area contributed by atoms with Gasteiger partial charge in [-0.15, -0.1) is 0 Å². The van der Waals surface area contributed by atoms with Gasteiger partial charge in [0.25, 0.3) is 0 Å². The number of quaternary nitrogens is 1. The van der Waals surface area contributed by atoms with E-state index in [2.05, 4.69) is 5.28 Å². The topological polar surface area (TPSA) is 45.4 Å². The highest BCUT2D eigenvalue weighted by atomic mass is 16.8. The summed E-state index contributed by atoms with van der Waals surface area (Å²) in [6, 6.07) is 29.3. The van der Waals surface area contributed by atoms with Gasteiger partial charge in [0.1, 0.15) is 0 Å². The largest absolute Gasteiger partial charge is 0.188 e. The Bertz CT molecular complexity index is 633. The molecule has 0 spiro atoms. The smallest absolute Gasteiger partial charge is 0.164 e. The molecule has 0 bridgehead atoms. The maximum absolute atomic E-state index is 7.29. The van der Waals surface area contributed by atoms with Crippen LogP contribution in [-0.2, 0) is 4.94 Å². The lowest BCUT2D eigenvalue weighted by atomic mass is 10.2. The molecule has 108 valence electrons. The van der Waals surface area contributed by atoms with E-state index < -0.39 is 0 Å². The van der Waals surface area contributed by atoms with E-state index in [9.17, 15) is 0 Å². The number of hydrogen-bond donors (Lipinski definition) is 1. The molecule has 0 aliphatic carbocycles. The Morgan fingerprint density at radius 2 is 0.909 bits per heavy atom. The quantitative estimate of drug-likeness (QED) is 0.374. The molecule has 3 aromatic carbocycles. The second-order valence-electron chi connectivity index (χ2n) is 4.79. The van der Waals surface area contributed by atoms with Gasteiger partial charge in [0.2, 0.25) is 0 Å². The van der Waals surface area contributed by atoms with Crippen molar-refractivity contribution in [2.75, 3.05) is 0 Å². The van der Waals surface area contributed by atoms with E-state index in [-0.39, 0.29) is 4.65 Å². The fourth-order valence-corrected chi connectivity index (χ4v) is 2.56. The molecule has 3 aromatic rings. The zero-order chi connectivity index (χ0) is 15.3. The third-order valence-electron chi connectivity index (χ3n) is 3.52. The summed E-state index contributed by atoms with van der Waals surface area (Å²) in [6.07, 6.45) is 0. The van der Waals surface area contributed by atoms with Gasteiger partial charge < -0.3 is 0 Å². The van der Waals surface area contributed by atoms with Crippen LogP contribution in [0.5, 0.6) is 0 Å². The summed E-state index contributed by atoms with van der Waals surface area (Å²) in [5, 5.41) is 3.26. The SMILES string of the molecule is N=NO[N+](c1ccccc1)(c1ccccc1)c1ccccc1. The highest BCUT2D eigenvalue weighted by molar-refractivity contribution is 5.68. The van der Waals surface area contributed by atoms with Gasteiger partial charge in [0, 0.05) is 36.4 Å². The van der Waals surface area contributed by atoms with Crippen LogP contribution in [0.4, 0.5) is 17.1 Å². The third-order valence-corrected chi connectivity index (χ3v) is 3.52. The first-order chi connectivity index (χ1) is 10.9. The molecule has 0 fully saturated rings. The van der Waals surface area contributed by atoms with Crippen molar-refractivity contribution in [1.29, 1.82) is 5.53 Å². The summed E-state index contributed by atoms with van der Waals surface area (Å²) < 4.78 is -0.0913. The van der Waals surface area contributed by atoms with Crippen molar-refractivity contribution in [1.82, 2.24) is 4.65 Å². The first kappa shape index (κ1) is 14.0. The second kappa shape index (κ2) is 6.20. The molecule has 4 nitrogen and oxygen atoms in total. The van der Waals surface area contributed by atoms with Crippen LogP contribution in [0.3, 0.4) is 0 Å². The van der Waals surface area contributed by atoms with Gasteiger partial charge >= 0.3 is 0 Å². The standard InChI is InChI=1S/C18H16N3O/c19-20-22-21(16-10-4-1-5-11-16,17-12-6-2-7-13-17)18-14-8-3-9-15-18/h1-15,19H/q+1. The monoisotopic (exact) mass is 290 g/mol. The average molecular weight is 290 g/mol. The fourth-order valence-electron chi connectivity index (χ4n) is 2.56. The Labute approximate surface area is 129 Å². The summed E-state index contributed by atoms with van der Waals surface area (Å²) >= 11 is 0. The van der Waals surface area contributed by atoms with Crippen molar-refractivity contribution < 1.29 is 4.94 Å². The van der Waals surface area contributed by atoms with Crippen LogP contribution in [-0.4, -0.2) is 0 Å². The number of para-hydroxylation sites is 3. The van der Waals surface area contributed by atoms with Gasteiger partial charge in [0.05, 0.1) is 5.28 Å². The second-order valence-corrected chi connectivity index (χ2v) is 4.79. The first-order valence-corrected chi connectivity index (χ1v) is 6.99. The van der Waals surface area contributed by atoms with Crippen molar-refractivity contribution in [3.8, 4) is 0 Å². The van der Waals surface area contributed by atoms with Crippen LogP contribution in [0, 0.1) is 5.53 Å². The van der Waals surface area contributed by atoms with E-state index in [1.165, 1.54) is 0 Å². The molecule has 0 radical (unpaired) electrons. The van der Waals surface area contributed by atoms with Gasteiger partial charge in [-0.2, -0.15) is 10.5 Å². The van der Waals surface area contributed by atoms with Crippen LogP contribution < -0.4 is 4.65 Å². The van der Waals surface area contributed by atoms with E-state index in [0.717, 1.165) is 17.1 Å². The predicted molar refractivity (Wildman–Crippen MR) is 86.7 cm³/mol. The van der Waals surface area contributed by atoms with Crippen LogP contribution in [0.1, 0.15) is 0 Å². The molecule has 3 rings (SSSR count). The lowest BCUT2D eigenvalue weighted by Gasteiger charge is -2.30. The Morgan fingerprint density at radius 3 is 1.18 bits per heavy atom. The normalized spacial score (nSPS) is 10.9. The van der Waals surface area contributed by atoms with E-state index in [4.69, 9.17) is 10.5 Å². The summed E-state index contributed by atoms with van der Waals surface area (Å²) in [5.74, 6) is 0. The Balaban J connectivity index is 2.31. The summed E-state index contributed by atoms with van der Waals surface area (Å²) in [4.78, 5) is 5.62. The summed E-state index contributed by atoms with van der Waals surface area (Å²) in [5.41, 5.74) is 9.91. The van der Waals surface area contributed by atoms with Crippen molar-refractivity contribution >= 4 is 17.1 Å². The van der Waals surface area contributed by atoms with Crippen molar-refractivity contribution in [2.24, 2.45) is 5.28 Å². The minimum absolute atomic E-state index is 0.0913. The van der Waals surface area contributed by atoms with Crippen molar-refractivity contribution in [3.05, 3.63) is 91.0 Å². The molecule has 0 saturated heterocycles. The zero-order valence-corrected chi connectivity index (χ0v) is 12.0. The lowest BCUT2D eigenvalue weighted by Crippen LogP contribution is -2.37. The number of rotatable bonds is 5. The molecule has 0 aromatic heterocycles. The summed E-state index contributed by atoms with van der Waals surface area (Å²) in [6.45, 7) is 0. The predicted octanol–water partition coefficient (Wildman–Crippen LogP) is 5.53. The van der Waals surface area contributed by atoms with E-state index in [1.54, 1.807) is 0 Å². The van der Waals surface area contributed by atoms with Crippen LogP contribution in [0.25, 0.3) is 0 Å². The van der Waals surface area contributed by atoms with Gasteiger partial charge in [-0.3, -0.25) is 0 Å². The van der Waals surface area contributed by atoms with Crippen LogP contribution in [0.2, 0.25) is 0 Å².